The summed E-state index contributed by atoms with van der Waals surface area (Å²) in [5.74, 6) is 0.171. The number of anilines is 1. The van der Waals surface area contributed by atoms with E-state index in [-0.39, 0.29) is 5.97 Å². The zero-order valence-corrected chi connectivity index (χ0v) is 13.6. The first-order chi connectivity index (χ1) is 11.7. The summed E-state index contributed by atoms with van der Waals surface area (Å²) in [5, 5.41) is 0. The van der Waals surface area contributed by atoms with E-state index in [9.17, 15) is 4.79 Å². The molecule has 0 saturated carbocycles. The third-order valence-corrected chi connectivity index (χ3v) is 3.75. The third kappa shape index (κ3) is 4.20. The minimum atomic E-state index is -0.342. The second kappa shape index (κ2) is 7.75. The van der Waals surface area contributed by atoms with Gasteiger partial charge < -0.3 is 14.4 Å². The molecule has 0 bridgehead atoms. The van der Waals surface area contributed by atoms with Crippen LogP contribution in [0.25, 0.3) is 0 Å². The minimum absolute atomic E-state index is 0.342. The van der Waals surface area contributed by atoms with Crippen molar-refractivity contribution in [3.8, 4) is 5.75 Å². The van der Waals surface area contributed by atoms with Gasteiger partial charge in [0, 0.05) is 37.5 Å². The Balaban J connectivity index is 1.72. The average Bonchev–Trinajstić information content (AvgIpc) is 2.62. The lowest BCUT2D eigenvalue weighted by atomic mass is 10.2. The van der Waals surface area contributed by atoms with Gasteiger partial charge >= 0.3 is 5.97 Å². The Morgan fingerprint density at radius 2 is 1.83 bits per heavy atom. The number of para-hydroxylation sites is 1. The van der Waals surface area contributed by atoms with Crippen molar-refractivity contribution < 1.29 is 14.3 Å². The zero-order valence-electron chi connectivity index (χ0n) is 13.6. The molecule has 1 aliphatic rings. The van der Waals surface area contributed by atoms with Crippen LogP contribution >= 0.6 is 0 Å². The van der Waals surface area contributed by atoms with Gasteiger partial charge in [0.2, 0.25) is 0 Å². The van der Waals surface area contributed by atoms with Crippen molar-refractivity contribution in [3.05, 3.63) is 54.1 Å². The lowest BCUT2D eigenvalue weighted by Crippen LogP contribution is -2.36. The molecule has 3 rings (SSSR count). The fourth-order valence-corrected chi connectivity index (χ4v) is 2.55. The number of ether oxygens (including phenoxy) is 2. The third-order valence-electron chi connectivity index (χ3n) is 3.75. The smallest absolute Gasteiger partial charge is 0.308 e. The minimum Gasteiger partial charge on any atom is -0.426 e. The Morgan fingerprint density at radius 1 is 1.12 bits per heavy atom. The van der Waals surface area contributed by atoms with Crippen molar-refractivity contribution in [2.45, 2.75) is 6.92 Å². The largest absolute Gasteiger partial charge is 0.426 e. The van der Waals surface area contributed by atoms with E-state index in [1.54, 1.807) is 12.3 Å². The topological polar surface area (TPSA) is 51.1 Å². The van der Waals surface area contributed by atoms with Crippen molar-refractivity contribution in [1.29, 1.82) is 0 Å². The summed E-state index contributed by atoms with van der Waals surface area (Å²) >= 11 is 0. The highest BCUT2D eigenvalue weighted by atomic mass is 16.5. The van der Waals surface area contributed by atoms with Crippen LogP contribution in [0.5, 0.6) is 5.75 Å². The molecule has 1 saturated heterocycles. The van der Waals surface area contributed by atoms with Gasteiger partial charge in [-0.05, 0) is 36.4 Å². The summed E-state index contributed by atoms with van der Waals surface area (Å²) in [6.45, 7) is 4.76. The molecule has 0 radical (unpaired) electrons. The molecule has 1 aliphatic heterocycles. The maximum Gasteiger partial charge on any atom is 0.308 e. The van der Waals surface area contributed by atoms with Crippen LogP contribution in [0.3, 0.4) is 0 Å². The molecule has 2 aromatic carbocycles. The lowest BCUT2D eigenvalue weighted by Gasteiger charge is -2.28. The van der Waals surface area contributed by atoms with Crippen LogP contribution in [0.15, 0.2) is 53.5 Å². The molecule has 0 aliphatic carbocycles. The zero-order chi connectivity index (χ0) is 16.8. The Kier molecular flexibility index (Phi) is 5.23. The predicted octanol–water partition coefficient (Wildman–Crippen LogP) is 3.20. The van der Waals surface area contributed by atoms with Crippen molar-refractivity contribution in [1.82, 2.24) is 0 Å². The Labute approximate surface area is 141 Å². The maximum absolute atomic E-state index is 11.1. The van der Waals surface area contributed by atoms with E-state index in [1.165, 1.54) is 12.6 Å². The predicted molar refractivity (Wildman–Crippen MR) is 94.5 cm³/mol. The highest BCUT2D eigenvalue weighted by molar-refractivity contribution is 5.87. The van der Waals surface area contributed by atoms with Crippen molar-refractivity contribution in [3.63, 3.8) is 0 Å². The fraction of sp³-hybridized carbons (Fsp3) is 0.263. The van der Waals surface area contributed by atoms with E-state index in [0.717, 1.165) is 37.6 Å². The van der Waals surface area contributed by atoms with Crippen molar-refractivity contribution in [2.75, 3.05) is 31.2 Å². The van der Waals surface area contributed by atoms with Gasteiger partial charge in [0.1, 0.15) is 5.75 Å². The quantitative estimate of drug-likeness (QED) is 0.492. The van der Waals surface area contributed by atoms with E-state index in [1.807, 2.05) is 30.3 Å². The number of morpholine rings is 1. The normalized spacial score (nSPS) is 14.8. The monoisotopic (exact) mass is 324 g/mol. The van der Waals surface area contributed by atoms with Crippen molar-refractivity contribution in [2.24, 2.45) is 4.99 Å². The molecule has 2 aromatic rings. The molecule has 0 aromatic heterocycles. The Morgan fingerprint density at radius 3 is 2.54 bits per heavy atom. The Bertz CT molecular complexity index is 720. The number of hydrogen-bond donors (Lipinski definition) is 0. The standard InChI is InChI=1S/C19H20N2O3/c1-15(22)24-19-5-3-2-4-16(19)14-20-17-6-8-18(9-7-17)21-10-12-23-13-11-21/h2-9,14H,10-13H2,1H3. The number of benzene rings is 2. The first-order valence-corrected chi connectivity index (χ1v) is 7.96. The number of aliphatic imine (C=N–C) groups is 1. The van der Waals surface area contributed by atoms with E-state index in [4.69, 9.17) is 9.47 Å². The molecule has 0 N–H and O–H groups in total. The van der Waals surface area contributed by atoms with Gasteiger partial charge in [-0.1, -0.05) is 12.1 Å². The molecular weight excluding hydrogens is 304 g/mol. The number of hydrogen-bond acceptors (Lipinski definition) is 5. The van der Waals surface area contributed by atoms with Gasteiger partial charge in [0.15, 0.2) is 0 Å². The SMILES string of the molecule is CC(=O)Oc1ccccc1C=Nc1ccc(N2CCOCC2)cc1. The van der Waals surface area contributed by atoms with E-state index >= 15 is 0 Å². The van der Waals surface area contributed by atoms with Crippen LogP contribution in [-0.2, 0) is 9.53 Å². The highest BCUT2D eigenvalue weighted by Crippen LogP contribution is 2.22. The van der Waals surface area contributed by atoms with Gasteiger partial charge in [-0.15, -0.1) is 0 Å². The van der Waals surface area contributed by atoms with E-state index in [0.29, 0.717) is 5.75 Å². The van der Waals surface area contributed by atoms with Gasteiger partial charge in [0.05, 0.1) is 18.9 Å². The summed E-state index contributed by atoms with van der Waals surface area (Å²) < 4.78 is 10.6. The molecule has 0 atom stereocenters. The van der Waals surface area contributed by atoms with Crippen molar-refractivity contribution >= 4 is 23.6 Å². The van der Waals surface area contributed by atoms with Gasteiger partial charge in [-0.25, -0.2) is 0 Å². The number of esters is 1. The van der Waals surface area contributed by atoms with Gasteiger partial charge in [0.25, 0.3) is 0 Å². The Hall–Kier alpha value is -2.66. The average molecular weight is 324 g/mol. The van der Waals surface area contributed by atoms with Gasteiger partial charge in [-0.2, -0.15) is 0 Å². The maximum atomic E-state index is 11.1. The van der Waals surface area contributed by atoms with Crippen LogP contribution in [0.2, 0.25) is 0 Å². The van der Waals surface area contributed by atoms with Crippen LogP contribution in [0.1, 0.15) is 12.5 Å². The fourth-order valence-electron chi connectivity index (χ4n) is 2.55. The van der Waals surface area contributed by atoms with Crippen LogP contribution in [0, 0.1) is 0 Å². The number of rotatable bonds is 4. The summed E-state index contributed by atoms with van der Waals surface area (Å²) in [6.07, 6.45) is 1.71. The molecule has 0 unspecified atom stereocenters. The molecule has 1 heterocycles. The lowest BCUT2D eigenvalue weighted by molar-refractivity contribution is -0.131. The van der Waals surface area contributed by atoms with E-state index < -0.39 is 0 Å². The summed E-state index contributed by atoms with van der Waals surface area (Å²) in [4.78, 5) is 17.9. The number of nitrogens with zero attached hydrogens (tertiary/aromatic N) is 2. The summed E-state index contributed by atoms with van der Waals surface area (Å²) in [5.41, 5.74) is 2.80. The molecule has 5 heteroatoms. The molecule has 0 spiro atoms. The second-order valence-corrected chi connectivity index (χ2v) is 5.51. The number of carbonyl (C=O) groups is 1. The van der Waals surface area contributed by atoms with E-state index in [2.05, 4.69) is 22.0 Å². The van der Waals surface area contributed by atoms with Gasteiger partial charge in [-0.3, -0.25) is 9.79 Å². The molecule has 24 heavy (non-hydrogen) atoms. The first-order valence-electron chi connectivity index (χ1n) is 7.96. The molecule has 0 amide bonds. The van der Waals surface area contributed by atoms with Crippen LogP contribution in [0.4, 0.5) is 11.4 Å². The highest BCUT2D eigenvalue weighted by Gasteiger charge is 2.10. The summed E-state index contributed by atoms with van der Waals surface area (Å²) in [7, 11) is 0. The number of carbonyl (C=O) groups excluding carboxylic acids is 1. The molecule has 124 valence electrons. The second-order valence-electron chi connectivity index (χ2n) is 5.51. The first kappa shape index (κ1) is 16.2. The molecule has 1 fully saturated rings. The molecule has 5 nitrogen and oxygen atoms in total. The van der Waals surface area contributed by atoms with Crippen LogP contribution in [-0.4, -0.2) is 38.5 Å². The summed E-state index contributed by atoms with van der Waals surface area (Å²) in [6, 6.07) is 15.4. The van der Waals surface area contributed by atoms with Crippen LogP contribution < -0.4 is 9.64 Å². The molecular formula is C19H20N2O3.